The second-order valence-corrected chi connectivity index (χ2v) is 9.31. The highest BCUT2D eigenvalue weighted by molar-refractivity contribution is 7.90. The van der Waals surface area contributed by atoms with Crippen LogP contribution in [0, 0.1) is 11.3 Å². The van der Waals surface area contributed by atoms with Gasteiger partial charge >= 0.3 is 0 Å². The van der Waals surface area contributed by atoms with Gasteiger partial charge in [-0.05, 0) is 36.4 Å². The topological polar surface area (TPSA) is 147 Å². The summed E-state index contributed by atoms with van der Waals surface area (Å²) in [5, 5.41) is 17.2. The number of hydrogen-bond donors (Lipinski definition) is 2. The van der Waals surface area contributed by atoms with Crippen molar-refractivity contribution >= 4 is 20.9 Å². The van der Waals surface area contributed by atoms with Gasteiger partial charge < -0.3 is 19.4 Å². The van der Waals surface area contributed by atoms with Crippen LogP contribution >= 0.6 is 0 Å². The average Bonchev–Trinajstić information content (AvgIpc) is 3.49. The lowest BCUT2D eigenvalue weighted by Gasteiger charge is -2.13. The van der Waals surface area contributed by atoms with Crippen molar-refractivity contribution in [3.8, 4) is 40.7 Å². The molecule has 0 bridgehead atoms. The standard InChI is InChI=1S/C23H16N6O4S/c1-34(30,31)16-8-6-15(7-9-16)32-20-10-17-18(28-23(27-17)22-25-13-26-29-22)11-21(20)33-19-5-3-2-4-14(19)12-24/h2-11,13H,1H3,(H,27,28)(H,25,26,29). The molecule has 2 N–H and O–H groups in total. The third-order valence-electron chi connectivity index (χ3n) is 4.90. The molecule has 3 aromatic carbocycles. The van der Waals surface area contributed by atoms with Crippen molar-refractivity contribution in [2.45, 2.75) is 4.90 Å². The van der Waals surface area contributed by atoms with E-state index >= 15 is 0 Å². The lowest BCUT2D eigenvalue weighted by molar-refractivity contribution is 0.419. The third kappa shape index (κ3) is 4.17. The number of nitriles is 1. The molecule has 34 heavy (non-hydrogen) atoms. The summed E-state index contributed by atoms with van der Waals surface area (Å²) in [7, 11) is -3.33. The normalized spacial score (nSPS) is 11.3. The van der Waals surface area contributed by atoms with E-state index in [-0.39, 0.29) is 4.90 Å². The van der Waals surface area contributed by atoms with E-state index in [2.05, 4.69) is 31.2 Å². The first-order valence-corrected chi connectivity index (χ1v) is 11.8. The Morgan fingerprint density at radius 2 is 1.71 bits per heavy atom. The van der Waals surface area contributed by atoms with E-state index in [0.29, 0.717) is 51.2 Å². The first-order chi connectivity index (χ1) is 16.4. The number of ether oxygens (including phenoxy) is 2. The van der Waals surface area contributed by atoms with Crippen molar-refractivity contribution < 1.29 is 17.9 Å². The molecule has 0 fully saturated rings. The summed E-state index contributed by atoms with van der Waals surface area (Å²) in [6.07, 6.45) is 2.59. The molecule has 2 heterocycles. The highest BCUT2D eigenvalue weighted by atomic mass is 32.2. The zero-order chi connectivity index (χ0) is 23.7. The van der Waals surface area contributed by atoms with Crippen molar-refractivity contribution in [3.63, 3.8) is 0 Å². The van der Waals surface area contributed by atoms with Crippen LogP contribution in [0.3, 0.4) is 0 Å². The molecule has 0 spiro atoms. The summed E-state index contributed by atoms with van der Waals surface area (Å²) in [4.78, 5) is 10.8. The van der Waals surface area contributed by atoms with Crippen LogP contribution in [0.4, 0.5) is 0 Å². The van der Waals surface area contributed by atoms with Crippen LogP contribution in [0.5, 0.6) is 23.0 Å². The fourth-order valence-corrected chi connectivity index (χ4v) is 3.89. The van der Waals surface area contributed by atoms with E-state index < -0.39 is 9.84 Å². The van der Waals surface area contributed by atoms with Crippen LogP contribution in [-0.4, -0.2) is 39.8 Å². The van der Waals surface area contributed by atoms with Gasteiger partial charge in [-0.1, -0.05) is 12.1 Å². The molecule has 5 rings (SSSR count). The number of H-pyrrole nitrogens is 2. The second-order valence-electron chi connectivity index (χ2n) is 7.29. The van der Waals surface area contributed by atoms with Crippen molar-refractivity contribution in [1.29, 1.82) is 5.26 Å². The Morgan fingerprint density at radius 1 is 0.941 bits per heavy atom. The maximum atomic E-state index is 11.8. The van der Waals surface area contributed by atoms with Crippen molar-refractivity contribution in [2.24, 2.45) is 0 Å². The van der Waals surface area contributed by atoms with Gasteiger partial charge in [-0.2, -0.15) is 5.26 Å². The highest BCUT2D eigenvalue weighted by Gasteiger charge is 2.17. The fourth-order valence-electron chi connectivity index (χ4n) is 3.26. The number of aromatic nitrogens is 5. The Hall–Kier alpha value is -4.69. The SMILES string of the molecule is CS(=O)(=O)c1ccc(Oc2cc3[nH]c(-c4nnc[nH]4)nc3cc2Oc2ccccc2C#N)cc1. The number of nitrogens with one attached hydrogen (secondary N) is 2. The Kier molecular flexibility index (Phi) is 5.19. The third-order valence-corrected chi connectivity index (χ3v) is 6.02. The van der Waals surface area contributed by atoms with Crippen LogP contribution in [0.2, 0.25) is 0 Å². The first kappa shape index (κ1) is 21.2. The van der Waals surface area contributed by atoms with Gasteiger partial charge in [0, 0.05) is 18.4 Å². The highest BCUT2D eigenvalue weighted by Crippen LogP contribution is 2.39. The van der Waals surface area contributed by atoms with E-state index in [4.69, 9.17) is 9.47 Å². The number of rotatable bonds is 6. The van der Waals surface area contributed by atoms with E-state index in [9.17, 15) is 13.7 Å². The van der Waals surface area contributed by atoms with E-state index in [1.54, 1.807) is 48.5 Å². The van der Waals surface area contributed by atoms with Crippen molar-refractivity contribution in [3.05, 3.63) is 72.6 Å². The lowest BCUT2D eigenvalue weighted by atomic mass is 10.2. The molecule has 0 aliphatic carbocycles. The minimum absolute atomic E-state index is 0.181. The van der Waals surface area contributed by atoms with Crippen molar-refractivity contribution in [1.82, 2.24) is 25.1 Å². The number of imidazole rings is 1. The zero-order valence-electron chi connectivity index (χ0n) is 17.7. The monoisotopic (exact) mass is 472 g/mol. The zero-order valence-corrected chi connectivity index (χ0v) is 18.5. The molecule has 5 aromatic rings. The molecule has 168 valence electrons. The molecule has 0 amide bonds. The number of benzene rings is 3. The van der Waals surface area contributed by atoms with Crippen LogP contribution in [-0.2, 0) is 9.84 Å². The Labute approximate surface area is 193 Å². The maximum Gasteiger partial charge on any atom is 0.197 e. The van der Waals surface area contributed by atoms with Crippen LogP contribution in [0.1, 0.15) is 5.56 Å². The number of fused-ring (bicyclic) bond motifs is 1. The second kappa shape index (κ2) is 8.34. The van der Waals surface area contributed by atoms with Gasteiger partial charge in [0.1, 0.15) is 23.9 Å². The molecule has 0 saturated heterocycles. The molecule has 2 aromatic heterocycles. The molecular weight excluding hydrogens is 456 g/mol. The molecule has 0 saturated carbocycles. The Morgan fingerprint density at radius 3 is 2.41 bits per heavy atom. The summed E-state index contributed by atoms with van der Waals surface area (Å²) in [6.45, 7) is 0. The fraction of sp³-hybridized carbons (Fsp3) is 0.0435. The smallest absolute Gasteiger partial charge is 0.197 e. The molecule has 0 unspecified atom stereocenters. The van der Waals surface area contributed by atoms with Crippen LogP contribution in [0.15, 0.2) is 71.9 Å². The van der Waals surface area contributed by atoms with Crippen molar-refractivity contribution in [2.75, 3.05) is 6.26 Å². The van der Waals surface area contributed by atoms with E-state index in [1.165, 1.54) is 18.5 Å². The lowest BCUT2D eigenvalue weighted by Crippen LogP contribution is -1.97. The predicted octanol–water partition coefficient (Wildman–Crippen LogP) is 4.21. The maximum absolute atomic E-state index is 11.8. The summed E-state index contributed by atoms with van der Waals surface area (Å²) in [6, 6.07) is 18.4. The average molecular weight is 472 g/mol. The Balaban J connectivity index is 1.58. The molecule has 11 heteroatoms. The summed E-state index contributed by atoms with van der Waals surface area (Å²) in [5.41, 5.74) is 1.58. The molecule has 10 nitrogen and oxygen atoms in total. The van der Waals surface area contributed by atoms with Gasteiger partial charge in [0.25, 0.3) is 0 Å². The van der Waals surface area contributed by atoms with E-state index in [1.807, 2.05) is 0 Å². The number of hydrogen-bond acceptors (Lipinski definition) is 8. The van der Waals surface area contributed by atoms with Gasteiger partial charge in [0.05, 0.1) is 21.5 Å². The van der Waals surface area contributed by atoms with Crippen LogP contribution < -0.4 is 9.47 Å². The summed E-state index contributed by atoms with van der Waals surface area (Å²) >= 11 is 0. The molecule has 0 aliphatic heterocycles. The number of sulfone groups is 1. The molecule has 0 atom stereocenters. The molecule has 0 radical (unpaired) electrons. The summed E-state index contributed by atoms with van der Waals surface area (Å²) in [5.74, 6) is 2.35. The molecule has 0 aliphatic rings. The van der Waals surface area contributed by atoms with Gasteiger partial charge in [0.15, 0.2) is 33.0 Å². The predicted molar refractivity (Wildman–Crippen MR) is 122 cm³/mol. The minimum atomic E-state index is -3.33. The van der Waals surface area contributed by atoms with Gasteiger partial charge in [0.2, 0.25) is 0 Å². The largest absolute Gasteiger partial charge is 0.453 e. The number of para-hydroxylation sites is 1. The Bertz CT molecular complexity index is 1640. The minimum Gasteiger partial charge on any atom is -0.453 e. The van der Waals surface area contributed by atoms with E-state index in [0.717, 1.165) is 6.26 Å². The van der Waals surface area contributed by atoms with Gasteiger partial charge in [-0.25, -0.2) is 13.4 Å². The van der Waals surface area contributed by atoms with Gasteiger partial charge in [-0.3, -0.25) is 0 Å². The van der Waals surface area contributed by atoms with Gasteiger partial charge in [-0.15, -0.1) is 10.2 Å². The summed E-state index contributed by atoms with van der Waals surface area (Å²) < 4.78 is 35.6. The number of nitrogens with zero attached hydrogens (tertiary/aromatic N) is 4. The first-order valence-electron chi connectivity index (χ1n) is 9.96. The van der Waals surface area contributed by atoms with Crippen LogP contribution in [0.25, 0.3) is 22.7 Å². The quantitative estimate of drug-likeness (QED) is 0.374. The molecular formula is C23H16N6O4S. The number of aromatic amines is 2.